The average Bonchev–Trinajstić information content (AvgIpc) is 3.14. The third-order valence-electron chi connectivity index (χ3n) is 3.41. The molecule has 1 fully saturated rings. The van der Waals surface area contributed by atoms with Crippen LogP contribution in [-0.2, 0) is 4.79 Å². The summed E-state index contributed by atoms with van der Waals surface area (Å²) < 4.78 is 10.6. The van der Waals surface area contributed by atoms with Crippen LogP contribution in [0.5, 0.6) is 17.2 Å². The van der Waals surface area contributed by atoms with Crippen LogP contribution in [0.4, 0.5) is 5.69 Å². The Morgan fingerprint density at radius 2 is 2.04 bits per heavy atom. The average molecular weight is 340 g/mol. The van der Waals surface area contributed by atoms with Crippen molar-refractivity contribution in [2.45, 2.75) is 0 Å². The van der Waals surface area contributed by atoms with Gasteiger partial charge in [0.05, 0.1) is 10.6 Å². The van der Waals surface area contributed by atoms with E-state index < -0.39 is 0 Å². The van der Waals surface area contributed by atoms with E-state index in [0.717, 1.165) is 5.56 Å². The van der Waals surface area contributed by atoms with Crippen LogP contribution >= 0.6 is 11.8 Å². The molecule has 6 nitrogen and oxygen atoms in total. The van der Waals surface area contributed by atoms with Crippen LogP contribution in [0.15, 0.2) is 52.4 Å². The van der Waals surface area contributed by atoms with Gasteiger partial charge in [-0.2, -0.15) is 0 Å². The number of benzene rings is 2. The van der Waals surface area contributed by atoms with E-state index in [1.54, 1.807) is 24.3 Å². The van der Waals surface area contributed by atoms with Crippen LogP contribution in [0.25, 0.3) is 6.08 Å². The van der Waals surface area contributed by atoms with Crippen LogP contribution in [0.3, 0.4) is 0 Å². The molecule has 2 heterocycles. The number of phenols is 1. The lowest BCUT2D eigenvalue weighted by Crippen LogP contribution is -2.19. The van der Waals surface area contributed by atoms with Crippen molar-refractivity contribution in [2.75, 3.05) is 6.79 Å². The Labute approximate surface area is 141 Å². The number of amides is 1. The van der Waals surface area contributed by atoms with Crippen LogP contribution in [0, 0.1) is 0 Å². The highest BCUT2D eigenvalue weighted by Gasteiger charge is 2.24. The molecule has 7 heteroatoms. The van der Waals surface area contributed by atoms with Crippen molar-refractivity contribution in [1.82, 2.24) is 5.32 Å². The van der Waals surface area contributed by atoms with E-state index in [0.29, 0.717) is 27.3 Å². The van der Waals surface area contributed by atoms with Gasteiger partial charge in [0.1, 0.15) is 5.75 Å². The highest BCUT2D eigenvalue weighted by molar-refractivity contribution is 8.18. The van der Waals surface area contributed by atoms with Gasteiger partial charge in [-0.15, -0.1) is 0 Å². The lowest BCUT2D eigenvalue weighted by atomic mass is 10.2. The Morgan fingerprint density at radius 1 is 1.17 bits per heavy atom. The summed E-state index contributed by atoms with van der Waals surface area (Å²) in [5.74, 6) is 1.28. The summed E-state index contributed by atoms with van der Waals surface area (Å²) in [6, 6.07) is 12.0. The minimum absolute atomic E-state index is 0.127. The number of nitrogens with zero attached hydrogens (tertiary/aromatic N) is 1. The van der Waals surface area contributed by atoms with Crippen molar-refractivity contribution in [3.8, 4) is 17.2 Å². The molecule has 0 bridgehead atoms. The van der Waals surface area contributed by atoms with Crippen molar-refractivity contribution in [2.24, 2.45) is 4.99 Å². The number of aromatic hydroxyl groups is 1. The molecule has 0 unspecified atom stereocenters. The summed E-state index contributed by atoms with van der Waals surface area (Å²) in [7, 11) is 0. The molecule has 0 radical (unpaired) electrons. The first kappa shape index (κ1) is 14.6. The number of ether oxygens (including phenoxy) is 2. The number of fused-ring (bicyclic) bond motifs is 1. The molecule has 0 spiro atoms. The number of carbonyl (C=O) groups is 1. The Kier molecular flexibility index (Phi) is 3.62. The number of aliphatic imine (C=N–C) groups is 1. The Bertz CT molecular complexity index is 892. The number of rotatable bonds is 2. The van der Waals surface area contributed by atoms with Crippen molar-refractivity contribution >= 4 is 34.6 Å². The summed E-state index contributed by atoms with van der Waals surface area (Å²) in [5, 5.41) is 12.6. The van der Waals surface area contributed by atoms with Gasteiger partial charge < -0.3 is 19.9 Å². The fourth-order valence-electron chi connectivity index (χ4n) is 2.31. The third kappa shape index (κ3) is 2.93. The highest BCUT2D eigenvalue weighted by atomic mass is 32.2. The molecule has 4 rings (SSSR count). The molecule has 0 aromatic heterocycles. The number of phenolic OH excluding ortho intramolecular Hbond substituents is 1. The van der Waals surface area contributed by atoms with Crippen LogP contribution in [-0.4, -0.2) is 23.0 Å². The minimum Gasteiger partial charge on any atom is -0.508 e. The maximum atomic E-state index is 12.1. The van der Waals surface area contributed by atoms with E-state index in [4.69, 9.17) is 9.47 Å². The summed E-state index contributed by atoms with van der Waals surface area (Å²) in [6.45, 7) is 0.214. The molecular formula is C17H12N2O4S. The maximum absolute atomic E-state index is 12.1. The van der Waals surface area contributed by atoms with E-state index in [1.165, 1.54) is 17.8 Å². The zero-order chi connectivity index (χ0) is 16.5. The Morgan fingerprint density at radius 3 is 2.92 bits per heavy atom. The molecule has 0 aliphatic carbocycles. The molecule has 1 amide bonds. The van der Waals surface area contributed by atoms with E-state index >= 15 is 0 Å². The first-order valence-electron chi connectivity index (χ1n) is 7.16. The number of nitrogens with one attached hydrogen (secondary N) is 1. The molecule has 0 atom stereocenters. The first-order chi connectivity index (χ1) is 11.7. The van der Waals surface area contributed by atoms with Crippen molar-refractivity contribution in [1.29, 1.82) is 0 Å². The number of carbonyl (C=O) groups excluding carboxylic acids is 1. The van der Waals surface area contributed by atoms with Gasteiger partial charge in [-0.3, -0.25) is 4.79 Å². The number of hydrogen-bond donors (Lipinski definition) is 2. The van der Waals surface area contributed by atoms with Gasteiger partial charge in [0.2, 0.25) is 6.79 Å². The zero-order valence-electron chi connectivity index (χ0n) is 12.4. The molecule has 2 aromatic rings. The number of hydrogen-bond acceptors (Lipinski definition) is 6. The summed E-state index contributed by atoms with van der Waals surface area (Å²) in [5.41, 5.74) is 1.41. The summed E-state index contributed by atoms with van der Waals surface area (Å²) in [6.07, 6.45) is 1.77. The second-order valence-corrected chi connectivity index (χ2v) is 6.14. The van der Waals surface area contributed by atoms with Crippen LogP contribution in [0.2, 0.25) is 0 Å². The summed E-state index contributed by atoms with van der Waals surface area (Å²) >= 11 is 1.24. The second-order valence-electron chi connectivity index (χ2n) is 5.11. The summed E-state index contributed by atoms with van der Waals surface area (Å²) in [4.78, 5) is 16.9. The van der Waals surface area contributed by atoms with Crippen LogP contribution < -0.4 is 14.8 Å². The van der Waals surface area contributed by atoms with Crippen molar-refractivity contribution in [3.05, 3.63) is 52.9 Å². The van der Waals surface area contributed by atoms with E-state index in [9.17, 15) is 9.90 Å². The predicted molar refractivity (Wildman–Crippen MR) is 91.5 cm³/mol. The monoisotopic (exact) mass is 340 g/mol. The predicted octanol–water partition coefficient (Wildman–Crippen LogP) is 3.01. The van der Waals surface area contributed by atoms with Gasteiger partial charge in [0.25, 0.3) is 5.91 Å². The molecule has 2 aliphatic heterocycles. The number of amidine groups is 1. The zero-order valence-corrected chi connectivity index (χ0v) is 13.2. The highest BCUT2D eigenvalue weighted by Crippen LogP contribution is 2.34. The van der Waals surface area contributed by atoms with Gasteiger partial charge >= 0.3 is 0 Å². The first-order valence-corrected chi connectivity index (χ1v) is 7.97. The number of thioether (sulfide) groups is 1. The molecule has 2 aromatic carbocycles. The molecule has 0 saturated carbocycles. The molecule has 2 aliphatic rings. The quantitative estimate of drug-likeness (QED) is 0.822. The van der Waals surface area contributed by atoms with Gasteiger partial charge in [-0.1, -0.05) is 12.1 Å². The normalized spacial score (nSPS) is 19.1. The lowest BCUT2D eigenvalue weighted by molar-refractivity contribution is -0.115. The van der Waals surface area contributed by atoms with Crippen LogP contribution in [0.1, 0.15) is 5.56 Å². The van der Waals surface area contributed by atoms with Gasteiger partial charge in [-0.05, 0) is 47.7 Å². The fourth-order valence-corrected chi connectivity index (χ4v) is 3.16. The Balaban J connectivity index is 1.58. The molecule has 2 N–H and O–H groups in total. The molecule has 24 heavy (non-hydrogen) atoms. The molecule has 120 valence electrons. The smallest absolute Gasteiger partial charge is 0.264 e. The fraction of sp³-hybridized carbons (Fsp3) is 0.0588. The van der Waals surface area contributed by atoms with Crippen molar-refractivity contribution in [3.63, 3.8) is 0 Å². The molecular weight excluding hydrogens is 328 g/mol. The lowest BCUT2D eigenvalue weighted by Gasteiger charge is -1.98. The standard InChI is InChI=1S/C17H12N2O4S/c20-12-3-1-2-11(8-12)18-17-19-16(21)15(24-17)7-10-4-5-13-14(6-10)23-9-22-13/h1-8,20H,9H2,(H,18,19,21)/b15-7-. The topological polar surface area (TPSA) is 80.2 Å². The Hall–Kier alpha value is -2.93. The van der Waals surface area contributed by atoms with E-state index in [-0.39, 0.29) is 18.4 Å². The van der Waals surface area contributed by atoms with Gasteiger partial charge in [0, 0.05) is 6.07 Å². The third-order valence-corrected chi connectivity index (χ3v) is 4.32. The largest absolute Gasteiger partial charge is 0.508 e. The van der Waals surface area contributed by atoms with E-state index in [1.807, 2.05) is 18.2 Å². The second kappa shape index (κ2) is 5.93. The van der Waals surface area contributed by atoms with Crippen molar-refractivity contribution < 1.29 is 19.4 Å². The van der Waals surface area contributed by atoms with E-state index in [2.05, 4.69) is 10.3 Å². The van der Waals surface area contributed by atoms with Gasteiger partial charge in [0.15, 0.2) is 16.7 Å². The minimum atomic E-state index is -0.212. The maximum Gasteiger partial charge on any atom is 0.264 e. The SMILES string of the molecule is O=C1NC(=Nc2cccc(O)c2)S/C1=C\c1ccc2c(c1)OCO2. The molecule has 1 saturated heterocycles. The van der Waals surface area contributed by atoms with Gasteiger partial charge in [-0.25, -0.2) is 4.99 Å².